The summed E-state index contributed by atoms with van der Waals surface area (Å²) in [7, 11) is 0. The summed E-state index contributed by atoms with van der Waals surface area (Å²) in [6.45, 7) is 15.8. The van der Waals surface area contributed by atoms with E-state index in [-0.39, 0.29) is 11.0 Å². The standard InChI is InChI=1S/C14H30N2/c1-11(2)16(9-12-7-8-12)10-13(3,4)14(5,6)15/h11-12H,7-10,15H2,1-6H3. The molecule has 1 rings (SSSR count). The van der Waals surface area contributed by atoms with Crippen molar-refractivity contribution >= 4 is 0 Å². The van der Waals surface area contributed by atoms with Crippen LogP contribution in [-0.4, -0.2) is 29.6 Å². The van der Waals surface area contributed by atoms with Crippen LogP contribution in [0.4, 0.5) is 0 Å². The van der Waals surface area contributed by atoms with E-state index in [9.17, 15) is 0 Å². The van der Waals surface area contributed by atoms with Gasteiger partial charge in [0, 0.05) is 24.7 Å². The Bertz CT molecular complexity index is 221. The van der Waals surface area contributed by atoms with Crippen molar-refractivity contribution in [2.75, 3.05) is 13.1 Å². The van der Waals surface area contributed by atoms with E-state index in [4.69, 9.17) is 5.73 Å². The molecule has 0 saturated heterocycles. The lowest BCUT2D eigenvalue weighted by Crippen LogP contribution is -2.54. The molecule has 1 aliphatic carbocycles. The summed E-state index contributed by atoms with van der Waals surface area (Å²) < 4.78 is 0. The Hall–Kier alpha value is -0.0800. The fourth-order valence-electron chi connectivity index (χ4n) is 1.80. The first-order chi connectivity index (χ1) is 7.13. The molecule has 0 aromatic carbocycles. The SMILES string of the molecule is CC(C)N(CC1CC1)CC(C)(C)C(C)(C)N. The molecule has 0 radical (unpaired) electrons. The number of nitrogens with zero attached hydrogens (tertiary/aromatic N) is 1. The summed E-state index contributed by atoms with van der Waals surface area (Å²) in [4.78, 5) is 2.60. The zero-order valence-corrected chi connectivity index (χ0v) is 12.0. The first kappa shape index (κ1) is 14.0. The Kier molecular flexibility index (Phi) is 4.07. The van der Waals surface area contributed by atoms with E-state index >= 15 is 0 Å². The van der Waals surface area contributed by atoms with Crippen LogP contribution in [0.1, 0.15) is 54.4 Å². The molecule has 96 valence electrons. The molecule has 1 saturated carbocycles. The van der Waals surface area contributed by atoms with Crippen LogP contribution in [0.3, 0.4) is 0 Å². The van der Waals surface area contributed by atoms with Crippen molar-refractivity contribution in [1.82, 2.24) is 4.90 Å². The van der Waals surface area contributed by atoms with E-state index in [0.717, 1.165) is 12.5 Å². The molecular formula is C14H30N2. The van der Waals surface area contributed by atoms with Crippen LogP contribution in [-0.2, 0) is 0 Å². The molecule has 0 heterocycles. The lowest BCUT2D eigenvalue weighted by Gasteiger charge is -2.43. The monoisotopic (exact) mass is 226 g/mol. The highest BCUT2D eigenvalue weighted by Crippen LogP contribution is 2.34. The summed E-state index contributed by atoms with van der Waals surface area (Å²) in [5.41, 5.74) is 6.32. The topological polar surface area (TPSA) is 29.3 Å². The van der Waals surface area contributed by atoms with Crippen LogP contribution >= 0.6 is 0 Å². The quantitative estimate of drug-likeness (QED) is 0.754. The molecule has 0 aromatic rings. The second-order valence-electron chi connectivity index (χ2n) is 7.07. The molecule has 0 spiro atoms. The maximum atomic E-state index is 6.28. The number of hydrogen-bond acceptors (Lipinski definition) is 2. The van der Waals surface area contributed by atoms with Gasteiger partial charge in [-0.3, -0.25) is 0 Å². The van der Waals surface area contributed by atoms with Gasteiger partial charge >= 0.3 is 0 Å². The molecule has 0 amide bonds. The molecule has 0 bridgehead atoms. The van der Waals surface area contributed by atoms with E-state index in [2.05, 4.69) is 46.4 Å². The third kappa shape index (κ3) is 3.74. The van der Waals surface area contributed by atoms with Crippen LogP contribution in [0.25, 0.3) is 0 Å². The lowest BCUT2D eigenvalue weighted by molar-refractivity contribution is 0.0891. The molecule has 0 unspecified atom stereocenters. The number of hydrogen-bond donors (Lipinski definition) is 1. The van der Waals surface area contributed by atoms with Crippen LogP contribution in [0, 0.1) is 11.3 Å². The molecule has 1 fully saturated rings. The largest absolute Gasteiger partial charge is 0.325 e. The smallest absolute Gasteiger partial charge is 0.0161 e. The maximum Gasteiger partial charge on any atom is 0.0161 e. The van der Waals surface area contributed by atoms with Gasteiger partial charge in [-0.15, -0.1) is 0 Å². The zero-order valence-electron chi connectivity index (χ0n) is 12.0. The Labute approximate surface area is 102 Å². The van der Waals surface area contributed by atoms with Crippen LogP contribution in [0.15, 0.2) is 0 Å². The van der Waals surface area contributed by atoms with E-state index in [1.807, 2.05) is 0 Å². The average Bonchev–Trinajstić information content (AvgIpc) is 2.84. The normalized spacial score (nSPS) is 18.6. The average molecular weight is 226 g/mol. The second-order valence-corrected chi connectivity index (χ2v) is 7.07. The molecule has 0 aliphatic heterocycles. The Morgan fingerprint density at radius 3 is 2.00 bits per heavy atom. The fourth-order valence-corrected chi connectivity index (χ4v) is 1.80. The molecular weight excluding hydrogens is 196 g/mol. The highest BCUT2D eigenvalue weighted by Gasteiger charge is 2.36. The predicted molar refractivity (Wildman–Crippen MR) is 71.5 cm³/mol. The highest BCUT2D eigenvalue weighted by atomic mass is 15.2. The van der Waals surface area contributed by atoms with Crippen molar-refractivity contribution in [2.24, 2.45) is 17.1 Å². The van der Waals surface area contributed by atoms with E-state index < -0.39 is 0 Å². The van der Waals surface area contributed by atoms with Gasteiger partial charge in [0.25, 0.3) is 0 Å². The van der Waals surface area contributed by atoms with E-state index in [1.54, 1.807) is 0 Å². The molecule has 1 aliphatic rings. The van der Waals surface area contributed by atoms with Crippen LogP contribution in [0.5, 0.6) is 0 Å². The molecule has 16 heavy (non-hydrogen) atoms. The van der Waals surface area contributed by atoms with Crippen molar-refractivity contribution in [3.63, 3.8) is 0 Å². The minimum Gasteiger partial charge on any atom is -0.325 e. The van der Waals surface area contributed by atoms with Crippen molar-refractivity contribution in [3.8, 4) is 0 Å². The van der Waals surface area contributed by atoms with Crippen molar-refractivity contribution in [3.05, 3.63) is 0 Å². The summed E-state index contributed by atoms with van der Waals surface area (Å²) in [6, 6.07) is 0.627. The highest BCUT2D eigenvalue weighted by molar-refractivity contribution is 4.93. The maximum absolute atomic E-state index is 6.28. The van der Waals surface area contributed by atoms with Crippen molar-refractivity contribution in [2.45, 2.75) is 66.0 Å². The van der Waals surface area contributed by atoms with Gasteiger partial charge in [-0.1, -0.05) is 13.8 Å². The second kappa shape index (κ2) is 4.66. The predicted octanol–water partition coefficient (Wildman–Crippen LogP) is 2.87. The zero-order chi connectivity index (χ0) is 12.6. The summed E-state index contributed by atoms with van der Waals surface area (Å²) in [5.74, 6) is 0.957. The van der Waals surface area contributed by atoms with Crippen LogP contribution in [0.2, 0.25) is 0 Å². The Balaban J connectivity index is 2.59. The molecule has 2 N–H and O–H groups in total. The third-order valence-electron chi connectivity index (χ3n) is 4.26. The summed E-state index contributed by atoms with van der Waals surface area (Å²) >= 11 is 0. The van der Waals surface area contributed by atoms with Gasteiger partial charge in [0.2, 0.25) is 0 Å². The summed E-state index contributed by atoms with van der Waals surface area (Å²) in [6.07, 6.45) is 2.85. The lowest BCUT2D eigenvalue weighted by atomic mass is 9.74. The van der Waals surface area contributed by atoms with E-state index in [0.29, 0.717) is 6.04 Å². The number of rotatable bonds is 6. The van der Waals surface area contributed by atoms with Gasteiger partial charge in [-0.2, -0.15) is 0 Å². The van der Waals surface area contributed by atoms with Crippen molar-refractivity contribution < 1.29 is 0 Å². The first-order valence-corrected chi connectivity index (χ1v) is 6.66. The van der Waals surface area contributed by atoms with Gasteiger partial charge < -0.3 is 10.6 Å². The fraction of sp³-hybridized carbons (Fsp3) is 1.00. The molecule has 2 nitrogen and oxygen atoms in total. The van der Waals surface area contributed by atoms with Gasteiger partial charge in [0.05, 0.1) is 0 Å². The van der Waals surface area contributed by atoms with Crippen molar-refractivity contribution in [1.29, 1.82) is 0 Å². The van der Waals surface area contributed by atoms with Gasteiger partial charge in [-0.05, 0) is 51.9 Å². The Morgan fingerprint density at radius 1 is 1.19 bits per heavy atom. The Morgan fingerprint density at radius 2 is 1.69 bits per heavy atom. The minimum atomic E-state index is -0.121. The first-order valence-electron chi connectivity index (χ1n) is 6.66. The van der Waals surface area contributed by atoms with E-state index in [1.165, 1.54) is 19.4 Å². The molecule has 0 aromatic heterocycles. The molecule has 0 atom stereocenters. The van der Waals surface area contributed by atoms with Crippen LogP contribution < -0.4 is 5.73 Å². The van der Waals surface area contributed by atoms with Gasteiger partial charge in [0.15, 0.2) is 0 Å². The number of nitrogens with two attached hydrogens (primary N) is 1. The minimum absolute atomic E-state index is 0.121. The molecule has 2 heteroatoms. The van der Waals surface area contributed by atoms with Gasteiger partial charge in [0.1, 0.15) is 0 Å². The summed E-state index contributed by atoms with van der Waals surface area (Å²) in [5, 5.41) is 0. The van der Waals surface area contributed by atoms with Gasteiger partial charge in [-0.25, -0.2) is 0 Å². The third-order valence-corrected chi connectivity index (χ3v) is 4.26.